The molecule has 0 amide bonds. The Hall–Kier alpha value is -0.0600. The minimum absolute atomic E-state index is 0.497. The summed E-state index contributed by atoms with van der Waals surface area (Å²) in [4.78, 5) is 5.68. The number of nitrogens with zero attached hydrogens (tertiary/aromatic N) is 1. The third-order valence-corrected chi connectivity index (χ3v) is 6.13. The molecule has 0 aliphatic heterocycles. The first-order valence-electron chi connectivity index (χ1n) is 6.41. The summed E-state index contributed by atoms with van der Waals surface area (Å²) in [7, 11) is 0. The van der Waals surface area contributed by atoms with Crippen LogP contribution in [0.1, 0.15) is 42.7 Å². The van der Waals surface area contributed by atoms with Crippen LogP contribution in [0.5, 0.6) is 0 Å². The van der Waals surface area contributed by atoms with Crippen LogP contribution in [0, 0.1) is 6.92 Å². The fourth-order valence-electron chi connectivity index (χ4n) is 2.55. The predicted octanol–water partition coefficient (Wildman–Crippen LogP) is 3.61. The SMILES string of the molecule is CSC1(CNCc2scnc2C)CCCCC1. The van der Waals surface area contributed by atoms with Gasteiger partial charge in [-0.2, -0.15) is 11.8 Å². The van der Waals surface area contributed by atoms with Crippen molar-refractivity contribution in [3.63, 3.8) is 0 Å². The highest BCUT2D eigenvalue weighted by Crippen LogP contribution is 2.38. The highest BCUT2D eigenvalue weighted by molar-refractivity contribution is 8.00. The van der Waals surface area contributed by atoms with Crippen molar-refractivity contribution >= 4 is 23.1 Å². The maximum absolute atomic E-state index is 4.29. The minimum Gasteiger partial charge on any atom is -0.310 e. The standard InChI is InChI=1S/C13H22N2S2/c1-11-12(17-10-15-11)8-14-9-13(16-2)6-4-3-5-7-13/h10,14H,3-9H2,1-2H3. The van der Waals surface area contributed by atoms with Gasteiger partial charge in [0.15, 0.2) is 0 Å². The van der Waals surface area contributed by atoms with Crippen LogP contribution >= 0.6 is 23.1 Å². The summed E-state index contributed by atoms with van der Waals surface area (Å²) in [6.45, 7) is 4.22. The van der Waals surface area contributed by atoms with Gasteiger partial charge < -0.3 is 5.32 Å². The topological polar surface area (TPSA) is 24.9 Å². The van der Waals surface area contributed by atoms with Crippen LogP contribution in [0.3, 0.4) is 0 Å². The highest BCUT2D eigenvalue weighted by Gasteiger charge is 2.30. The molecule has 0 bridgehead atoms. The first-order valence-corrected chi connectivity index (χ1v) is 8.51. The summed E-state index contributed by atoms with van der Waals surface area (Å²) < 4.78 is 0.497. The monoisotopic (exact) mass is 270 g/mol. The van der Waals surface area contributed by atoms with Crippen LogP contribution in [0.25, 0.3) is 0 Å². The van der Waals surface area contributed by atoms with E-state index in [2.05, 4.69) is 35.2 Å². The molecule has 17 heavy (non-hydrogen) atoms. The minimum atomic E-state index is 0.497. The molecule has 0 saturated heterocycles. The Bertz CT molecular complexity index is 343. The maximum Gasteiger partial charge on any atom is 0.0798 e. The molecular formula is C13H22N2S2. The van der Waals surface area contributed by atoms with E-state index in [9.17, 15) is 0 Å². The van der Waals surface area contributed by atoms with E-state index < -0.39 is 0 Å². The van der Waals surface area contributed by atoms with Gasteiger partial charge in [0.2, 0.25) is 0 Å². The number of hydrogen-bond donors (Lipinski definition) is 1. The zero-order valence-corrected chi connectivity index (χ0v) is 12.4. The Morgan fingerprint density at radius 2 is 2.18 bits per heavy atom. The van der Waals surface area contributed by atoms with Crippen molar-refractivity contribution in [2.24, 2.45) is 0 Å². The van der Waals surface area contributed by atoms with Gasteiger partial charge in [-0.05, 0) is 26.0 Å². The Kier molecular flexibility index (Phi) is 4.88. The van der Waals surface area contributed by atoms with E-state index in [0.717, 1.165) is 13.1 Å². The fourth-order valence-corrected chi connectivity index (χ4v) is 4.24. The summed E-state index contributed by atoms with van der Waals surface area (Å²) in [5.74, 6) is 0. The molecule has 0 radical (unpaired) electrons. The molecule has 1 aromatic heterocycles. The van der Waals surface area contributed by atoms with E-state index in [1.165, 1.54) is 42.7 Å². The van der Waals surface area contributed by atoms with Crippen LogP contribution in [-0.4, -0.2) is 22.5 Å². The second-order valence-electron chi connectivity index (χ2n) is 4.91. The molecule has 0 unspecified atom stereocenters. The molecule has 0 aromatic carbocycles. The highest BCUT2D eigenvalue weighted by atomic mass is 32.2. The van der Waals surface area contributed by atoms with Gasteiger partial charge in [0.05, 0.1) is 11.2 Å². The normalized spacial score (nSPS) is 19.4. The summed E-state index contributed by atoms with van der Waals surface area (Å²) in [6, 6.07) is 0. The molecule has 2 nitrogen and oxygen atoms in total. The largest absolute Gasteiger partial charge is 0.310 e. The van der Waals surface area contributed by atoms with Gasteiger partial charge in [-0.15, -0.1) is 11.3 Å². The molecule has 0 atom stereocenters. The lowest BCUT2D eigenvalue weighted by Gasteiger charge is -2.36. The van der Waals surface area contributed by atoms with Crippen molar-refractivity contribution in [1.29, 1.82) is 0 Å². The number of aryl methyl sites for hydroxylation is 1. The maximum atomic E-state index is 4.29. The first kappa shape index (κ1) is 13.4. The van der Waals surface area contributed by atoms with Gasteiger partial charge in [-0.3, -0.25) is 0 Å². The summed E-state index contributed by atoms with van der Waals surface area (Å²) in [5.41, 5.74) is 3.13. The number of thioether (sulfide) groups is 1. The van der Waals surface area contributed by atoms with Crippen LogP contribution in [0.4, 0.5) is 0 Å². The molecule has 1 N–H and O–H groups in total. The molecule has 1 fully saturated rings. The average Bonchev–Trinajstić information content (AvgIpc) is 2.76. The third kappa shape index (κ3) is 3.46. The quantitative estimate of drug-likeness (QED) is 0.885. The molecule has 96 valence electrons. The predicted molar refractivity (Wildman–Crippen MR) is 77.9 cm³/mol. The molecule has 1 aliphatic carbocycles. The Labute approximate surface area is 113 Å². The summed E-state index contributed by atoms with van der Waals surface area (Å²) in [5, 5.41) is 3.64. The number of aromatic nitrogens is 1. The van der Waals surface area contributed by atoms with Gasteiger partial charge in [0.1, 0.15) is 0 Å². The molecule has 1 aromatic rings. The average molecular weight is 270 g/mol. The van der Waals surface area contributed by atoms with E-state index in [1.807, 2.05) is 5.51 Å². The van der Waals surface area contributed by atoms with E-state index in [-0.39, 0.29) is 0 Å². The molecule has 1 saturated carbocycles. The van der Waals surface area contributed by atoms with E-state index in [0.29, 0.717) is 4.75 Å². The molecule has 0 spiro atoms. The summed E-state index contributed by atoms with van der Waals surface area (Å²) >= 11 is 3.82. The fraction of sp³-hybridized carbons (Fsp3) is 0.769. The van der Waals surface area contributed by atoms with E-state index >= 15 is 0 Å². The van der Waals surface area contributed by atoms with Crippen LogP contribution < -0.4 is 5.32 Å². The molecular weight excluding hydrogens is 248 g/mol. The summed E-state index contributed by atoms with van der Waals surface area (Å²) in [6.07, 6.45) is 9.26. The molecule has 1 aliphatic rings. The zero-order valence-electron chi connectivity index (χ0n) is 10.8. The zero-order chi connectivity index (χ0) is 12.1. The van der Waals surface area contributed by atoms with E-state index in [1.54, 1.807) is 11.3 Å². The smallest absolute Gasteiger partial charge is 0.0798 e. The van der Waals surface area contributed by atoms with Gasteiger partial charge in [0, 0.05) is 22.7 Å². The van der Waals surface area contributed by atoms with Crippen LogP contribution in [-0.2, 0) is 6.54 Å². The molecule has 1 heterocycles. The van der Waals surface area contributed by atoms with Crippen molar-refractivity contribution in [3.05, 3.63) is 16.1 Å². The Balaban J connectivity index is 1.82. The lowest BCUT2D eigenvalue weighted by molar-refractivity contribution is 0.379. The van der Waals surface area contributed by atoms with Gasteiger partial charge in [-0.25, -0.2) is 4.98 Å². The third-order valence-electron chi connectivity index (χ3n) is 3.78. The molecule has 2 rings (SSSR count). The van der Waals surface area contributed by atoms with Gasteiger partial charge in [-0.1, -0.05) is 19.3 Å². The van der Waals surface area contributed by atoms with Crippen molar-refractivity contribution in [2.75, 3.05) is 12.8 Å². The lowest BCUT2D eigenvalue weighted by atomic mass is 9.88. The lowest BCUT2D eigenvalue weighted by Crippen LogP contribution is -2.39. The van der Waals surface area contributed by atoms with E-state index in [4.69, 9.17) is 0 Å². The second-order valence-corrected chi connectivity index (χ2v) is 7.13. The van der Waals surface area contributed by atoms with Gasteiger partial charge >= 0.3 is 0 Å². The van der Waals surface area contributed by atoms with Crippen molar-refractivity contribution in [3.8, 4) is 0 Å². The number of thiazole rings is 1. The van der Waals surface area contributed by atoms with Crippen molar-refractivity contribution < 1.29 is 0 Å². The Morgan fingerprint density at radius 1 is 1.41 bits per heavy atom. The van der Waals surface area contributed by atoms with Crippen LogP contribution in [0.2, 0.25) is 0 Å². The Morgan fingerprint density at radius 3 is 2.76 bits per heavy atom. The number of hydrogen-bond acceptors (Lipinski definition) is 4. The van der Waals surface area contributed by atoms with Crippen molar-refractivity contribution in [2.45, 2.75) is 50.3 Å². The van der Waals surface area contributed by atoms with Crippen molar-refractivity contribution in [1.82, 2.24) is 10.3 Å². The number of rotatable bonds is 5. The second kappa shape index (κ2) is 6.21. The first-order chi connectivity index (χ1) is 8.26. The van der Waals surface area contributed by atoms with Gasteiger partial charge in [0.25, 0.3) is 0 Å². The molecule has 4 heteroatoms. The number of nitrogens with one attached hydrogen (secondary N) is 1. The van der Waals surface area contributed by atoms with Crippen LogP contribution in [0.15, 0.2) is 5.51 Å².